The largest absolute Gasteiger partial charge is 1.00 e. The maximum atomic E-state index is 6.88. The topological polar surface area (TPSA) is 44.0 Å². The molecule has 0 amide bonds. The fraction of sp³-hybridized carbons (Fsp3) is 0. The molecule has 0 unspecified atom stereocenters. The van der Waals surface area contributed by atoms with Crippen molar-refractivity contribution in [2.24, 2.45) is 0 Å². The Balaban J connectivity index is -0.00000000667. The molecule has 0 aromatic rings. The first-order valence-electron chi connectivity index (χ1n) is 0.447. The van der Waals surface area contributed by atoms with Crippen LogP contribution in [0.3, 0.4) is 0 Å². The standard InChI is InChI=1S/CHNO.Co.Na.H/c2-1-3;;;/h3H;;;/q;;+1;-1. The fourth-order valence-corrected chi connectivity index (χ4v) is 0. The third-order valence-electron chi connectivity index (χ3n) is 0. The van der Waals surface area contributed by atoms with Crippen LogP contribution in [0.2, 0.25) is 0 Å². The minimum atomic E-state index is 0. The van der Waals surface area contributed by atoms with Crippen molar-refractivity contribution < 1.29 is 52.9 Å². The van der Waals surface area contributed by atoms with Crippen molar-refractivity contribution in [3.8, 4) is 6.26 Å². The molecule has 27 valence electrons. The van der Waals surface area contributed by atoms with E-state index in [9.17, 15) is 0 Å². The number of hydrogen-bond donors (Lipinski definition) is 1. The van der Waals surface area contributed by atoms with Crippen molar-refractivity contribution in [2.45, 2.75) is 0 Å². The summed E-state index contributed by atoms with van der Waals surface area (Å²) in [5.74, 6) is 0. The molecule has 0 aliphatic carbocycles. The van der Waals surface area contributed by atoms with Gasteiger partial charge < -0.3 is 6.53 Å². The van der Waals surface area contributed by atoms with Crippen molar-refractivity contribution in [2.75, 3.05) is 0 Å². The summed E-state index contributed by atoms with van der Waals surface area (Å²) in [5, 5.41) is 13.8. The van der Waals surface area contributed by atoms with Gasteiger partial charge >= 0.3 is 29.6 Å². The van der Waals surface area contributed by atoms with Gasteiger partial charge in [-0.15, -0.1) is 0 Å². The number of nitrogens with zero attached hydrogens (tertiary/aromatic N) is 1. The van der Waals surface area contributed by atoms with Gasteiger partial charge in [-0.3, -0.25) is 0 Å². The quantitative estimate of drug-likeness (QED) is 0.277. The van der Waals surface area contributed by atoms with Gasteiger partial charge in [0.15, 0.2) is 0 Å². The van der Waals surface area contributed by atoms with E-state index in [1.807, 2.05) is 0 Å². The smallest absolute Gasteiger partial charge is 1.00 e. The van der Waals surface area contributed by atoms with E-state index >= 15 is 0 Å². The second kappa shape index (κ2) is 21.4. The van der Waals surface area contributed by atoms with E-state index in [1.165, 1.54) is 0 Å². The van der Waals surface area contributed by atoms with E-state index in [1.54, 1.807) is 0 Å². The van der Waals surface area contributed by atoms with Crippen molar-refractivity contribution in [1.29, 1.82) is 5.26 Å². The van der Waals surface area contributed by atoms with Crippen molar-refractivity contribution in [1.82, 2.24) is 0 Å². The molecule has 4 heteroatoms. The van der Waals surface area contributed by atoms with Crippen LogP contribution in [0.25, 0.3) is 0 Å². The Labute approximate surface area is 64.1 Å². The molecule has 0 saturated carbocycles. The summed E-state index contributed by atoms with van der Waals surface area (Å²) < 4.78 is 0. The molecule has 0 bridgehead atoms. The Morgan fingerprint density at radius 2 is 1.80 bits per heavy atom. The van der Waals surface area contributed by atoms with E-state index in [-0.39, 0.29) is 47.8 Å². The Bertz CT molecular complexity index is 37.0. The molecule has 2 nitrogen and oxygen atoms in total. The number of rotatable bonds is 0. The van der Waals surface area contributed by atoms with E-state index in [2.05, 4.69) is 0 Å². The number of nitriles is 1. The molecular formula is CH2CoNNaO. The molecular weight excluding hydrogens is 124 g/mol. The van der Waals surface area contributed by atoms with Gasteiger partial charge in [-0.05, 0) is 0 Å². The molecule has 0 aromatic heterocycles. The van der Waals surface area contributed by atoms with Crippen LogP contribution in [0.15, 0.2) is 0 Å². The van der Waals surface area contributed by atoms with E-state index in [4.69, 9.17) is 10.4 Å². The Hall–Kier alpha value is 0.796. The second-order valence-electron chi connectivity index (χ2n) is 0.100. The van der Waals surface area contributed by atoms with Gasteiger partial charge in [0.2, 0.25) is 0 Å². The first-order valence-corrected chi connectivity index (χ1v) is 0.447. The molecule has 0 spiro atoms. The zero-order valence-corrected chi connectivity index (χ0v) is 5.77. The zero-order valence-electron chi connectivity index (χ0n) is 3.73. The third kappa shape index (κ3) is 59.1. The normalized spacial score (nSPS) is 1.40. The zero-order chi connectivity index (χ0) is 2.71. The molecule has 0 fully saturated rings. The summed E-state index contributed by atoms with van der Waals surface area (Å²) in [4.78, 5) is 0. The summed E-state index contributed by atoms with van der Waals surface area (Å²) in [6.45, 7) is 0. The van der Waals surface area contributed by atoms with Crippen LogP contribution in [0.1, 0.15) is 1.43 Å². The summed E-state index contributed by atoms with van der Waals surface area (Å²) in [6.07, 6.45) is 0.750. The van der Waals surface area contributed by atoms with Crippen molar-refractivity contribution >= 4 is 0 Å². The Morgan fingerprint density at radius 3 is 1.80 bits per heavy atom. The maximum Gasteiger partial charge on any atom is 1.00 e. The van der Waals surface area contributed by atoms with Gasteiger partial charge in [-0.1, -0.05) is 0 Å². The monoisotopic (exact) mass is 126 g/mol. The average Bonchev–Trinajstić information content (AvgIpc) is 0.918. The third-order valence-corrected chi connectivity index (χ3v) is 0. The number of hydrogen-bond acceptors (Lipinski definition) is 2. The molecule has 0 saturated heterocycles. The Kier molecular flexibility index (Phi) is 73.1. The predicted octanol–water partition coefficient (Wildman–Crippen LogP) is -3.05. The van der Waals surface area contributed by atoms with Crippen molar-refractivity contribution in [3.63, 3.8) is 0 Å². The molecule has 0 atom stereocenters. The van der Waals surface area contributed by atoms with Crippen LogP contribution < -0.4 is 29.6 Å². The van der Waals surface area contributed by atoms with Crippen LogP contribution in [0.4, 0.5) is 0 Å². The summed E-state index contributed by atoms with van der Waals surface area (Å²) in [6, 6.07) is 0. The second-order valence-corrected chi connectivity index (χ2v) is 0.100. The minimum absolute atomic E-state index is 0. The molecule has 1 radical (unpaired) electrons. The molecule has 0 rings (SSSR count). The average molecular weight is 126 g/mol. The summed E-state index contributed by atoms with van der Waals surface area (Å²) >= 11 is 0. The number of aliphatic hydroxyl groups excluding tert-OH is 1. The fourth-order valence-electron chi connectivity index (χ4n) is 0. The molecule has 0 aromatic carbocycles. The van der Waals surface area contributed by atoms with Gasteiger partial charge in [0.05, 0.1) is 0 Å². The van der Waals surface area contributed by atoms with Gasteiger partial charge in [0.1, 0.15) is 0 Å². The van der Waals surface area contributed by atoms with Gasteiger partial charge in [-0.2, -0.15) is 5.26 Å². The van der Waals surface area contributed by atoms with Crippen LogP contribution in [0.5, 0.6) is 0 Å². The van der Waals surface area contributed by atoms with E-state index in [0.717, 1.165) is 6.26 Å². The van der Waals surface area contributed by atoms with Gasteiger partial charge in [0, 0.05) is 16.8 Å². The molecule has 0 aliphatic rings. The summed E-state index contributed by atoms with van der Waals surface area (Å²) in [5.41, 5.74) is 0. The Morgan fingerprint density at radius 1 is 1.80 bits per heavy atom. The van der Waals surface area contributed by atoms with Gasteiger partial charge in [-0.25, -0.2) is 0 Å². The summed E-state index contributed by atoms with van der Waals surface area (Å²) in [7, 11) is 0. The van der Waals surface area contributed by atoms with E-state index < -0.39 is 0 Å². The first-order chi connectivity index (χ1) is 1.41. The minimum Gasteiger partial charge on any atom is -1.00 e. The van der Waals surface area contributed by atoms with Crippen LogP contribution in [-0.2, 0) is 16.8 Å². The van der Waals surface area contributed by atoms with Gasteiger partial charge in [0.25, 0.3) is 6.26 Å². The molecule has 1 N–H and O–H groups in total. The maximum absolute atomic E-state index is 6.88. The van der Waals surface area contributed by atoms with Crippen LogP contribution >= 0.6 is 0 Å². The van der Waals surface area contributed by atoms with Crippen LogP contribution in [0, 0.1) is 11.5 Å². The van der Waals surface area contributed by atoms with E-state index in [0.29, 0.717) is 0 Å². The number of aliphatic hydroxyl groups is 1. The first kappa shape index (κ1) is 17.1. The molecule has 5 heavy (non-hydrogen) atoms. The molecule has 0 heterocycles. The molecule has 0 aliphatic heterocycles. The van der Waals surface area contributed by atoms with Crippen molar-refractivity contribution in [3.05, 3.63) is 0 Å². The SMILES string of the molecule is N#CO.[Co].[H-].[Na+]. The predicted molar refractivity (Wildman–Crippen MR) is 8.66 cm³/mol. The van der Waals surface area contributed by atoms with Crippen LogP contribution in [-0.4, -0.2) is 5.11 Å².